The Morgan fingerprint density at radius 2 is 1.73 bits per heavy atom. The van der Waals surface area contributed by atoms with Crippen LogP contribution in [0.5, 0.6) is 0 Å². The molecule has 0 spiro atoms. The number of carbonyl (C=O) groups is 1. The van der Waals surface area contributed by atoms with E-state index in [9.17, 15) is 9.18 Å². The monoisotopic (exact) mass is 459 g/mol. The lowest BCUT2D eigenvalue weighted by atomic mass is 10.0. The summed E-state index contributed by atoms with van der Waals surface area (Å²) in [6, 6.07) is 20.7. The molecule has 0 radical (unpaired) electrons. The molecule has 4 aromatic rings. The third-order valence-corrected chi connectivity index (χ3v) is 5.62. The second-order valence-electron chi connectivity index (χ2n) is 7.73. The van der Waals surface area contributed by atoms with E-state index < -0.39 is 11.7 Å². The van der Waals surface area contributed by atoms with Crippen molar-refractivity contribution in [2.24, 2.45) is 0 Å². The lowest BCUT2D eigenvalue weighted by Gasteiger charge is -2.24. The van der Waals surface area contributed by atoms with Crippen molar-refractivity contribution in [1.29, 1.82) is 0 Å². The first kappa shape index (κ1) is 20.9. The maximum Gasteiger partial charge on any atom is 0.258 e. The summed E-state index contributed by atoms with van der Waals surface area (Å²) in [5.41, 5.74) is 4.29. The van der Waals surface area contributed by atoms with E-state index >= 15 is 0 Å². The summed E-state index contributed by atoms with van der Waals surface area (Å²) in [6.07, 6.45) is 2.06. The topological polar surface area (TPSA) is 71.8 Å². The maximum atomic E-state index is 13.2. The van der Waals surface area contributed by atoms with Crippen molar-refractivity contribution < 1.29 is 9.18 Å². The van der Waals surface area contributed by atoms with Gasteiger partial charge >= 0.3 is 0 Å². The van der Waals surface area contributed by atoms with Crippen molar-refractivity contribution >= 4 is 35.1 Å². The van der Waals surface area contributed by atoms with E-state index in [1.165, 1.54) is 24.3 Å². The predicted octanol–water partition coefficient (Wildman–Crippen LogP) is 5.69. The van der Waals surface area contributed by atoms with Gasteiger partial charge in [0, 0.05) is 16.3 Å². The van der Waals surface area contributed by atoms with Gasteiger partial charge in [-0.25, -0.2) is 9.07 Å². The van der Waals surface area contributed by atoms with Crippen molar-refractivity contribution in [2.45, 2.75) is 13.0 Å². The lowest BCUT2D eigenvalue weighted by Crippen LogP contribution is -2.20. The Labute approximate surface area is 194 Å². The van der Waals surface area contributed by atoms with Crippen molar-refractivity contribution in [3.8, 4) is 0 Å². The first-order valence-corrected chi connectivity index (χ1v) is 10.7. The Bertz CT molecular complexity index is 1350. The number of hydrogen-bond donors (Lipinski definition) is 2. The summed E-state index contributed by atoms with van der Waals surface area (Å²) in [7, 11) is 0. The second kappa shape index (κ2) is 8.52. The first-order chi connectivity index (χ1) is 16.0. The molecule has 3 aromatic carbocycles. The highest BCUT2D eigenvalue weighted by Gasteiger charge is 2.26. The highest BCUT2D eigenvalue weighted by atomic mass is 35.5. The van der Waals surface area contributed by atoms with E-state index in [4.69, 9.17) is 11.6 Å². The van der Waals surface area contributed by atoms with Crippen LogP contribution in [-0.2, 0) is 0 Å². The van der Waals surface area contributed by atoms with Crippen molar-refractivity contribution in [1.82, 2.24) is 14.8 Å². The Morgan fingerprint density at radius 1 is 1.03 bits per heavy atom. The minimum atomic E-state index is -0.421. The van der Waals surface area contributed by atoms with E-state index in [0.717, 1.165) is 22.4 Å². The van der Waals surface area contributed by atoms with Crippen LogP contribution in [0.4, 0.5) is 16.3 Å². The van der Waals surface area contributed by atoms with E-state index in [1.54, 1.807) is 4.68 Å². The number of carbonyl (C=O) groups excluding carboxylic acids is 1. The molecule has 0 saturated heterocycles. The van der Waals surface area contributed by atoms with E-state index in [-0.39, 0.29) is 12.0 Å². The molecule has 8 heteroatoms. The summed E-state index contributed by atoms with van der Waals surface area (Å²) < 4.78 is 14.9. The van der Waals surface area contributed by atoms with Crippen LogP contribution in [0.25, 0.3) is 5.70 Å². The number of allylic oxidation sites excluding steroid dienone is 1. The van der Waals surface area contributed by atoms with Crippen molar-refractivity contribution in [3.63, 3.8) is 0 Å². The van der Waals surface area contributed by atoms with Crippen LogP contribution in [0.2, 0.25) is 5.02 Å². The van der Waals surface area contributed by atoms with Gasteiger partial charge in [-0.15, -0.1) is 5.10 Å². The van der Waals surface area contributed by atoms with Crippen LogP contribution in [-0.4, -0.2) is 20.7 Å². The number of fused-ring (bicyclic) bond motifs is 1. The SMILES string of the molecule is Cc1ccc([C@H]2C=C(c3ccc(Cl)cc3)Nc3nc(NC(=O)c4ccc(F)cc4)nn32)cc1. The molecule has 0 bridgehead atoms. The smallest absolute Gasteiger partial charge is 0.258 e. The van der Waals surface area contributed by atoms with Crippen LogP contribution in [0.1, 0.15) is 33.1 Å². The van der Waals surface area contributed by atoms with E-state index in [0.29, 0.717) is 16.5 Å². The van der Waals surface area contributed by atoms with Gasteiger partial charge in [0.15, 0.2) is 0 Å². The van der Waals surface area contributed by atoms with Gasteiger partial charge in [-0.05, 0) is 60.5 Å². The minimum absolute atomic E-state index is 0.148. The molecule has 1 aliphatic heterocycles. The molecule has 1 aromatic heterocycles. The van der Waals surface area contributed by atoms with E-state index in [2.05, 4.69) is 26.8 Å². The zero-order valence-corrected chi connectivity index (χ0v) is 18.3. The molecule has 164 valence electrons. The zero-order valence-electron chi connectivity index (χ0n) is 17.6. The van der Waals surface area contributed by atoms with Crippen LogP contribution in [0.3, 0.4) is 0 Å². The molecule has 0 saturated carbocycles. The third-order valence-electron chi connectivity index (χ3n) is 5.37. The zero-order chi connectivity index (χ0) is 22.9. The van der Waals surface area contributed by atoms with Crippen LogP contribution in [0.15, 0.2) is 78.9 Å². The fourth-order valence-corrected chi connectivity index (χ4v) is 3.75. The van der Waals surface area contributed by atoms with Crippen LogP contribution in [0, 0.1) is 12.7 Å². The number of aromatic nitrogens is 3. The number of anilines is 2. The Morgan fingerprint density at radius 3 is 2.42 bits per heavy atom. The number of amides is 1. The largest absolute Gasteiger partial charge is 0.324 e. The molecule has 0 aliphatic carbocycles. The standard InChI is InChI=1S/C25H19ClFN5O/c1-15-2-4-17(5-3-15)22-14-21(16-6-10-19(26)11-7-16)28-25-30-24(31-32(22)25)29-23(33)18-8-12-20(27)13-9-18/h2-14,22H,1H3,(H2,28,29,30,31,33)/t22-/m1/s1. The number of hydrogen-bond acceptors (Lipinski definition) is 4. The minimum Gasteiger partial charge on any atom is -0.324 e. The molecule has 5 rings (SSSR count). The normalized spacial score (nSPS) is 14.8. The van der Waals surface area contributed by atoms with Gasteiger partial charge in [-0.3, -0.25) is 10.1 Å². The molecule has 1 aliphatic rings. The van der Waals surface area contributed by atoms with Crippen LogP contribution < -0.4 is 10.6 Å². The molecular weight excluding hydrogens is 441 g/mol. The lowest BCUT2D eigenvalue weighted by molar-refractivity contribution is 0.102. The first-order valence-electron chi connectivity index (χ1n) is 10.3. The molecule has 1 amide bonds. The highest BCUT2D eigenvalue weighted by Crippen LogP contribution is 2.33. The molecule has 0 unspecified atom stereocenters. The van der Waals surface area contributed by atoms with Crippen molar-refractivity contribution in [3.05, 3.63) is 112 Å². The van der Waals surface area contributed by atoms with Gasteiger partial charge in [-0.2, -0.15) is 4.98 Å². The number of aryl methyl sites for hydroxylation is 1. The average molecular weight is 460 g/mol. The summed E-state index contributed by atoms with van der Waals surface area (Å²) in [6.45, 7) is 2.03. The number of rotatable bonds is 4. The summed E-state index contributed by atoms with van der Waals surface area (Å²) in [5.74, 6) is -0.194. The summed E-state index contributed by atoms with van der Waals surface area (Å²) in [5, 5.41) is 11.2. The van der Waals surface area contributed by atoms with Crippen molar-refractivity contribution in [2.75, 3.05) is 10.6 Å². The molecular formula is C25H19ClFN5O. The van der Waals surface area contributed by atoms with Gasteiger partial charge in [0.1, 0.15) is 11.9 Å². The fraction of sp³-hybridized carbons (Fsp3) is 0.0800. The second-order valence-corrected chi connectivity index (χ2v) is 8.17. The molecule has 6 nitrogen and oxygen atoms in total. The van der Waals surface area contributed by atoms with Crippen LogP contribution >= 0.6 is 11.6 Å². The Kier molecular flexibility index (Phi) is 5.40. The van der Waals surface area contributed by atoms with Gasteiger partial charge in [0.2, 0.25) is 5.95 Å². The quantitative estimate of drug-likeness (QED) is 0.411. The predicted molar refractivity (Wildman–Crippen MR) is 127 cm³/mol. The highest BCUT2D eigenvalue weighted by molar-refractivity contribution is 6.30. The van der Waals surface area contributed by atoms with Gasteiger partial charge in [-0.1, -0.05) is 53.6 Å². The summed E-state index contributed by atoms with van der Waals surface area (Å²) >= 11 is 6.05. The number of halogens is 2. The van der Waals surface area contributed by atoms with Gasteiger partial charge < -0.3 is 5.32 Å². The summed E-state index contributed by atoms with van der Waals surface area (Å²) in [4.78, 5) is 17.1. The molecule has 2 N–H and O–H groups in total. The van der Waals surface area contributed by atoms with Gasteiger partial charge in [0.05, 0.1) is 0 Å². The third kappa shape index (κ3) is 4.36. The number of benzene rings is 3. The Balaban J connectivity index is 1.50. The fourth-order valence-electron chi connectivity index (χ4n) is 3.62. The number of nitrogens with one attached hydrogen (secondary N) is 2. The Hall–Kier alpha value is -3.97. The molecule has 33 heavy (non-hydrogen) atoms. The van der Waals surface area contributed by atoms with Gasteiger partial charge in [0.25, 0.3) is 11.9 Å². The molecule has 0 fully saturated rings. The van der Waals surface area contributed by atoms with E-state index in [1.807, 2.05) is 55.5 Å². The number of nitrogens with zero attached hydrogens (tertiary/aromatic N) is 3. The molecule has 1 atom stereocenters. The molecule has 2 heterocycles. The maximum absolute atomic E-state index is 13.2. The average Bonchev–Trinajstić information content (AvgIpc) is 3.22.